The number of quaternary nitrogens is 1. The number of aliphatic hydroxyl groups excluding tert-OH is 1. The molecule has 0 aliphatic heterocycles. The third-order valence-electron chi connectivity index (χ3n) is 13.0. The Hall–Kier alpha value is -1.54. The van der Waals surface area contributed by atoms with E-state index in [2.05, 4.69) is 55.6 Å². The van der Waals surface area contributed by atoms with Crippen LogP contribution in [0.25, 0.3) is 0 Å². The molecule has 0 saturated heterocycles. The highest BCUT2D eigenvalue weighted by molar-refractivity contribution is 7.45. The van der Waals surface area contributed by atoms with Gasteiger partial charge in [-0.1, -0.05) is 249 Å². The van der Waals surface area contributed by atoms with Crippen molar-refractivity contribution < 1.29 is 32.9 Å². The zero-order chi connectivity index (χ0) is 49.9. The third kappa shape index (κ3) is 52.3. The van der Waals surface area contributed by atoms with Gasteiger partial charge in [-0.05, 0) is 64.2 Å². The largest absolute Gasteiger partial charge is 0.756 e. The SMILES string of the molecule is CCCCCC/C=C\C/C=C\CCCCCCCC(=O)NC(COP(=O)([O-])OCC[N+](C)(C)C)C(O)/C=C/CC/C=C/CCCCCCCCCCCCCCCCCCCCCCCCCC. The van der Waals surface area contributed by atoms with E-state index in [1.54, 1.807) is 6.08 Å². The van der Waals surface area contributed by atoms with Crippen LogP contribution in [-0.4, -0.2) is 68.5 Å². The first kappa shape index (κ1) is 66.5. The topological polar surface area (TPSA) is 108 Å². The number of allylic oxidation sites excluding steroid dienone is 7. The van der Waals surface area contributed by atoms with Gasteiger partial charge in [0.1, 0.15) is 13.2 Å². The molecule has 0 radical (unpaired) electrons. The van der Waals surface area contributed by atoms with Gasteiger partial charge in [-0.3, -0.25) is 9.36 Å². The van der Waals surface area contributed by atoms with Crippen LogP contribution in [0.1, 0.15) is 271 Å². The summed E-state index contributed by atoms with van der Waals surface area (Å²) in [6.07, 6.45) is 66.3. The first-order valence-corrected chi connectivity index (χ1v) is 30.5. The molecule has 3 unspecified atom stereocenters. The maximum absolute atomic E-state index is 12.9. The molecule has 0 heterocycles. The number of hydrogen-bond acceptors (Lipinski definition) is 6. The Labute approximate surface area is 422 Å². The zero-order valence-corrected chi connectivity index (χ0v) is 46.5. The number of unbranched alkanes of at least 4 members (excludes halogenated alkanes) is 34. The molecule has 0 aliphatic rings. The molecule has 1 amide bonds. The fourth-order valence-corrected chi connectivity index (χ4v) is 9.16. The summed E-state index contributed by atoms with van der Waals surface area (Å²) in [5, 5.41) is 13.8. The van der Waals surface area contributed by atoms with E-state index in [9.17, 15) is 19.4 Å². The number of nitrogens with zero attached hydrogens (tertiary/aromatic N) is 1. The van der Waals surface area contributed by atoms with Crippen molar-refractivity contribution in [3.05, 3.63) is 48.6 Å². The minimum Gasteiger partial charge on any atom is -0.756 e. The number of rotatable bonds is 53. The van der Waals surface area contributed by atoms with E-state index in [-0.39, 0.29) is 12.5 Å². The number of aliphatic hydroxyl groups is 1. The predicted molar refractivity (Wildman–Crippen MR) is 293 cm³/mol. The van der Waals surface area contributed by atoms with Gasteiger partial charge in [0, 0.05) is 6.42 Å². The Balaban J connectivity index is 4.19. The van der Waals surface area contributed by atoms with Gasteiger partial charge in [0.2, 0.25) is 5.91 Å². The summed E-state index contributed by atoms with van der Waals surface area (Å²) in [6.45, 7) is 4.62. The van der Waals surface area contributed by atoms with Crippen molar-refractivity contribution in [2.75, 3.05) is 40.9 Å². The molecule has 3 atom stereocenters. The van der Waals surface area contributed by atoms with E-state index in [0.717, 1.165) is 64.2 Å². The van der Waals surface area contributed by atoms with Crippen molar-refractivity contribution >= 4 is 13.7 Å². The van der Waals surface area contributed by atoms with Gasteiger partial charge >= 0.3 is 0 Å². The molecule has 0 aromatic carbocycles. The standard InChI is InChI=1S/C59H113N2O6P/c1-6-8-10-12-14-16-18-20-22-24-25-26-27-28-29-30-31-32-33-34-35-36-37-38-40-42-44-46-48-50-52-58(62)57(56-67-68(64,65)66-55-54-61(3,4)5)60-59(63)53-51-49-47-45-43-41-39-23-21-19-17-15-13-11-9-7-2/h17,19,23,39,42,44,50,52,57-58,62H,6-16,18,20-22,24-38,40-41,43,45-49,51,53-56H2,1-5H3,(H-,60,63,64,65)/b19-17-,39-23-,44-42+,52-50+. The summed E-state index contributed by atoms with van der Waals surface area (Å²) in [6, 6.07) is -0.912. The molecule has 0 rings (SSSR count). The second-order valence-corrected chi connectivity index (χ2v) is 22.4. The second-order valence-electron chi connectivity index (χ2n) is 21.0. The number of hydrogen-bond donors (Lipinski definition) is 2. The number of amides is 1. The Bertz CT molecular complexity index is 1250. The van der Waals surface area contributed by atoms with Crippen LogP contribution < -0.4 is 10.2 Å². The fourth-order valence-electron chi connectivity index (χ4n) is 8.44. The predicted octanol–water partition coefficient (Wildman–Crippen LogP) is 16.9. The fraction of sp³-hybridized carbons (Fsp3) is 0.847. The van der Waals surface area contributed by atoms with E-state index in [1.165, 1.54) is 186 Å². The van der Waals surface area contributed by atoms with Crippen molar-refractivity contribution in [1.29, 1.82) is 0 Å². The van der Waals surface area contributed by atoms with Crippen LogP contribution in [0, 0.1) is 0 Å². The Morgan fingerprint density at radius 3 is 1.29 bits per heavy atom. The van der Waals surface area contributed by atoms with E-state index < -0.39 is 26.6 Å². The summed E-state index contributed by atoms with van der Waals surface area (Å²) < 4.78 is 23.3. The molecule has 0 saturated carbocycles. The lowest BCUT2D eigenvalue weighted by molar-refractivity contribution is -0.870. The summed E-state index contributed by atoms with van der Waals surface area (Å²) >= 11 is 0. The molecule has 0 aromatic rings. The average molecular weight is 978 g/mol. The van der Waals surface area contributed by atoms with Crippen molar-refractivity contribution in [2.24, 2.45) is 0 Å². The van der Waals surface area contributed by atoms with Crippen molar-refractivity contribution in [3.63, 3.8) is 0 Å². The highest BCUT2D eigenvalue weighted by Crippen LogP contribution is 2.38. The lowest BCUT2D eigenvalue weighted by Crippen LogP contribution is -2.45. The lowest BCUT2D eigenvalue weighted by Gasteiger charge is -2.29. The van der Waals surface area contributed by atoms with Crippen LogP contribution in [0.2, 0.25) is 0 Å². The number of nitrogens with one attached hydrogen (secondary N) is 1. The molecule has 2 N–H and O–H groups in total. The van der Waals surface area contributed by atoms with Crippen LogP contribution in [0.4, 0.5) is 0 Å². The van der Waals surface area contributed by atoms with Crippen molar-refractivity contribution in [3.8, 4) is 0 Å². The minimum atomic E-state index is -4.61. The van der Waals surface area contributed by atoms with Gasteiger partial charge in [0.25, 0.3) is 7.82 Å². The molecule has 400 valence electrons. The molecule has 0 aromatic heterocycles. The van der Waals surface area contributed by atoms with Gasteiger partial charge in [-0.15, -0.1) is 0 Å². The van der Waals surface area contributed by atoms with Crippen LogP contribution in [-0.2, 0) is 18.4 Å². The van der Waals surface area contributed by atoms with Gasteiger partial charge < -0.3 is 28.8 Å². The van der Waals surface area contributed by atoms with Crippen LogP contribution in [0.15, 0.2) is 48.6 Å². The van der Waals surface area contributed by atoms with Gasteiger partial charge in [0.15, 0.2) is 0 Å². The second kappa shape index (κ2) is 50.4. The molecule has 0 bridgehead atoms. The summed E-state index contributed by atoms with van der Waals surface area (Å²) in [7, 11) is 1.24. The van der Waals surface area contributed by atoms with Crippen molar-refractivity contribution in [1.82, 2.24) is 5.32 Å². The van der Waals surface area contributed by atoms with E-state index >= 15 is 0 Å². The number of phosphoric ester groups is 1. The number of carbonyl (C=O) groups excluding carboxylic acids is 1. The first-order valence-electron chi connectivity index (χ1n) is 29.0. The van der Waals surface area contributed by atoms with Crippen LogP contribution in [0.3, 0.4) is 0 Å². The van der Waals surface area contributed by atoms with E-state index in [4.69, 9.17) is 9.05 Å². The van der Waals surface area contributed by atoms with E-state index in [1.807, 2.05) is 27.2 Å². The normalized spacial score (nSPS) is 14.3. The first-order chi connectivity index (χ1) is 33.0. The molecule has 8 nitrogen and oxygen atoms in total. The van der Waals surface area contributed by atoms with Crippen LogP contribution in [0.5, 0.6) is 0 Å². The summed E-state index contributed by atoms with van der Waals surface area (Å²) in [4.78, 5) is 25.4. The van der Waals surface area contributed by atoms with Gasteiger partial charge in [0.05, 0.1) is 39.9 Å². The molecule has 0 fully saturated rings. The summed E-state index contributed by atoms with van der Waals surface area (Å²) in [5.74, 6) is -0.220. The van der Waals surface area contributed by atoms with Gasteiger partial charge in [-0.25, -0.2) is 0 Å². The number of phosphoric acid groups is 1. The number of likely N-dealkylation sites (N-methyl/N-ethyl adjacent to an activating group) is 1. The molecule has 0 aliphatic carbocycles. The Morgan fingerprint density at radius 1 is 0.515 bits per heavy atom. The molecule has 68 heavy (non-hydrogen) atoms. The molecular formula is C59H113N2O6P. The van der Waals surface area contributed by atoms with Crippen LogP contribution >= 0.6 is 7.82 Å². The monoisotopic (exact) mass is 977 g/mol. The molecule has 9 heteroatoms. The average Bonchev–Trinajstić information content (AvgIpc) is 3.30. The lowest BCUT2D eigenvalue weighted by atomic mass is 10.0. The minimum absolute atomic E-state index is 0.0101. The Morgan fingerprint density at radius 2 is 0.868 bits per heavy atom. The maximum Gasteiger partial charge on any atom is 0.268 e. The van der Waals surface area contributed by atoms with E-state index in [0.29, 0.717) is 17.4 Å². The Kier molecular flexibility index (Phi) is 49.3. The van der Waals surface area contributed by atoms with Crippen molar-refractivity contribution in [2.45, 2.75) is 283 Å². The third-order valence-corrected chi connectivity index (χ3v) is 14.0. The smallest absolute Gasteiger partial charge is 0.268 e. The quantitative estimate of drug-likeness (QED) is 0.0272. The maximum atomic E-state index is 12.9. The number of carbonyl (C=O) groups is 1. The summed E-state index contributed by atoms with van der Waals surface area (Å²) in [5.41, 5.74) is 0. The molecule has 0 spiro atoms. The zero-order valence-electron chi connectivity index (χ0n) is 45.6. The van der Waals surface area contributed by atoms with Gasteiger partial charge in [-0.2, -0.15) is 0 Å². The highest BCUT2D eigenvalue weighted by atomic mass is 31.2. The molecular weight excluding hydrogens is 864 g/mol. The highest BCUT2D eigenvalue weighted by Gasteiger charge is 2.23.